The van der Waals surface area contributed by atoms with Gasteiger partial charge in [-0.15, -0.1) is 0 Å². The molecule has 0 heterocycles. The van der Waals surface area contributed by atoms with Crippen LogP contribution in [0.25, 0.3) is 5.57 Å². The van der Waals surface area contributed by atoms with Crippen molar-refractivity contribution in [2.24, 2.45) is 5.41 Å². The fourth-order valence-electron chi connectivity index (χ4n) is 1.78. The van der Waals surface area contributed by atoms with Crippen LogP contribution >= 0.6 is 0 Å². The summed E-state index contributed by atoms with van der Waals surface area (Å²) >= 11 is 0. The van der Waals surface area contributed by atoms with Crippen LogP contribution in [0, 0.1) is 28.1 Å². The number of benzene rings is 1. The van der Waals surface area contributed by atoms with E-state index in [0.29, 0.717) is 6.42 Å². The van der Waals surface area contributed by atoms with Gasteiger partial charge in [0.25, 0.3) is 0 Å². The summed E-state index contributed by atoms with van der Waals surface area (Å²) in [4.78, 5) is 0. The predicted molar refractivity (Wildman–Crippen MR) is 61.8 cm³/mol. The van der Waals surface area contributed by atoms with Crippen molar-refractivity contribution in [3.63, 3.8) is 0 Å². The molecule has 0 aromatic heterocycles. The van der Waals surface area contributed by atoms with Crippen molar-refractivity contribution in [3.8, 4) is 12.1 Å². The van der Waals surface area contributed by atoms with Gasteiger partial charge in [0, 0.05) is 6.42 Å². The Morgan fingerprint density at radius 1 is 1.06 bits per heavy atom. The van der Waals surface area contributed by atoms with Crippen LogP contribution in [0.2, 0.25) is 0 Å². The number of nitriles is 2. The van der Waals surface area contributed by atoms with Gasteiger partial charge < -0.3 is 0 Å². The van der Waals surface area contributed by atoms with Crippen molar-refractivity contribution in [1.82, 2.24) is 0 Å². The molecule has 0 saturated carbocycles. The molecule has 0 amide bonds. The van der Waals surface area contributed by atoms with Gasteiger partial charge in [0.1, 0.15) is 0 Å². The minimum atomic E-state index is -1.00. The first-order chi connectivity index (χ1) is 7.79. The summed E-state index contributed by atoms with van der Waals surface area (Å²) in [5, 5.41) is 18.1. The number of rotatable bonds is 1. The Morgan fingerprint density at radius 2 is 1.75 bits per heavy atom. The highest BCUT2D eigenvalue weighted by molar-refractivity contribution is 5.70. The summed E-state index contributed by atoms with van der Waals surface area (Å²) < 4.78 is 0. The third-order valence-electron chi connectivity index (χ3n) is 2.69. The lowest BCUT2D eigenvalue weighted by Gasteiger charge is -2.19. The molecule has 2 rings (SSSR count). The van der Waals surface area contributed by atoms with E-state index in [1.54, 1.807) is 12.2 Å². The molecule has 0 bridgehead atoms. The quantitative estimate of drug-likeness (QED) is 0.708. The van der Waals surface area contributed by atoms with Gasteiger partial charge in [0.05, 0.1) is 12.1 Å². The second-order valence-electron chi connectivity index (χ2n) is 3.79. The second kappa shape index (κ2) is 4.04. The van der Waals surface area contributed by atoms with Crippen LogP contribution in [0.5, 0.6) is 0 Å². The highest BCUT2D eigenvalue weighted by atomic mass is 14.4. The molecule has 2 nitrogen and oxygen atoms in total. The number of nitrogens with zero attached hydrogens (tertiary/aromatic N) is 2. The van der Waals surface area contributed by atoms with Crippen molar-refractivity contribution >= 4 is 5.57 Å². The number of hydrogen-bond donors (Lipinski definition) is 0. The third-order valence-corrected chi connectivity index (χ3v) is 2.69. The van der Waals surface area contributed by atoms with E-state index >= 15 is 0 Å². The van der Waals surface area contributed by atoms with Crippen molar-refractivity contribution in [1.29, 1.82) is 10.5 Å². The van der Waals surface area contributed by atoms with Gasteiger partial charge in [-0.2, -0.15) is 10.5 Å². The number of hydrogen-bond acceptors (Lipinski definition) is 2. The molecule has 16 heavy (non-hydrogen) atoms. The average Bonchev–Trinajstić information content (AvgIpc) is 2.40. The zero-order valence-electron chi connectivity index (χ0n) is 8.72. The molecule has 1 aromatic rings. The summed E-state index contributed by atoms with van der Waals surface area (Å²) in [6.07, 6.45) is 5.88. The first-order valence-electron chi connectivity index (χ1n) is 5.06. The van der Waals surface area contributed by atoms with E-state index in [4.69, 9.17) is 10.5 Å². The van der Waals surface area contributed by atoms with Crippen LogP contribution in [0.1, 0.15) is 12.0 Å². The fraction of sp³-hybridized carbons (Fsp3) is 0.143. The Balaban J connectivity index is 2.36. The molecule has 0 spiro atoms. The third kappa shape index (κ3) is 1.74. The van der Waals surface area contributed by atoms with Crippen molar-refractivity contribution in [2.75, 3.05) is 0 Å². The summed E-state index contributed by atoms with van der Waals surface area (Å²) in [7, 11) is 0. The standard InChI is InChI=1S/C14H10N2/c15-10-14(11-16)8-4-7-13(9-14)12-5-2-1-3-6-12/h1-8H,9H2. The van der Waals surface area contributed by atoms with Gasteiger partial charge in [-0.3, -0.25) is 0 Å². The van der Waals surface area contributed by atoms with Gasteiger partial charge in [-0.1, -0.05) is 42.5 Å². The van der Waals surface area contributed by atoms with Crippen molar-refractivity contribution in [2.45, 2.75) is 6.42 Å². The van der Waals surface area contributed by atoms with Crippen LogP contribution < -0.4 is 0 Å². The van der Waals surface area contributed by atoms with E-state index in [-0.39, 0.29) is 0 Å². The highest BCUT2D eigenvalue weighted by Crippen LogP contribution is 2.35. The fourth-order valence-corrected chi connectivity index (χ4v) is 1.78. The molecule has 1 aliphatic rings. The Hall–Kier alpha value is -2.32. The van der Waals surface area contributed by atoms with E-state index in [1.807, 2.05) is 36.4 Å². The molecule has 1 aliphatic carbocycles. The molecule has 0 atom stereocenters. The monoisotopic (exact) mass is 206 g/mol. The molecule has 0 saturated heterocycles. The van der Waals surface area contributed by atoms with Crippen LogP contribution in [-0.4, -0.2) is 0 Å². The summed E-state index contributed by atoms with van der Waals surface area (Å²) in [5.74, 6) is 0. The zero-order valence-corrected chi connectivity index (χ0v) is 8.72. The van der Waals surface area contributed by atoms with Gasteiger partial charge in [-0.05, 0) is 17.2 Å². The SMILES string of the molecule is N#CC1(C#N)C=CC=C(c2ccccc2)C1. The second-order valence-corrected chi connectivity index (χ2v) is 3.79. The Bertz CT molecular complexity index is 510. The minimum absolute atomic E-state index is 0.459. The van der Waals surface area contributed by atoms with Crippen molar-refractivity contribution in [3.05, 3.63) is 54.1 Å². The molecular formula is C14H10N2. The normalized spacial score (nSPS) is 17.0. The smallest absolute Gasteiger partial charge is 0.166 e. The minimum Gasteiger partial charge on any atom is -0.196 e. The molecule has 0 unspecified atom stereocenters. The van der Waals surface area contributed by atoms with E-state index in [2.05, 4.69) is 12.1 Å². The van der Waals surface area contributed by atoms with Gasteiger partial charge >= 0.3 is 0 Å². The van der Waals surface area contributed by atoms with E-state index < -0.39 is 5.41 Å². The predicted octanol–water partition coefficient (Wildman–Crippen LogP) is 3.06. The van der Waals surface area contributed by atoms with Crippen LogP contribution in [0.15, 0.2) is 48.6 Å². The molecule has 2 heteroatoms. The largest absolute Gasteiger partial charge is 0.196 e. The van der Waals surface area contributed by atoms with Gasteiger partial charge in [0.15, 0.2) is 5.41 Å². The van der Waals surface area contributed by atoms with Crippen LogP contribution in [0.3, 0.4) is 0 Å². The lowest BCUT2D eigenvalue weighted by atomic mass is 9.79. The maximum absolute atomic E-state index is 9.06. The summed E-state index contributed by atoms with van der Waals surface area (Å²) in [5.41, 5.74) is 1.10. The molecule has 0 radical (unpaired) electrons. The average molecular weight is 206 g/mol. The zero-order chi connectivity index (χ0) is 11.4. The van der Waals surface area contributed by atoms with E-state index in [0.717, 1.165) is 11.1 Å². The highest BCUT2D eigenvalue weighted by Gasteiger charge is 2.30. The molecule has 0 fully saturated rings. The van der Waals surface area contributed by atoms with Crippen molar-refractivity contribution < 1.29 is 0 Å². The first kappa shape index (κ1) is 10.2. The molecule has 1 aromatic carbocycles. The summed E-state index contributed by atoms with van der Waals surface area (Å²) in [6.45, 7) is 0. The van der Waals surface area contributed by atoms with E-state index in [9.17, 15) is 0 Å². The molecule has 76 valence electrons. The lowest BCUT2D eigenvalue weighted by Crippen LogP contribution is -2.15. The summed E-state index contributed by atoms with van der Waals surface area (Å²) in [6, 6.07) is 14.0. The van der Waals surface area contributed by atoms with Crippen LogP contribution in [0.4, 0.5) is 0 Å². The Labute approximate surface area is 94.8 Å². The van der Waals surface area contributed by atoms with Crippen LogP contribution in [-0.2, 0) is 0 Å². The Kier molecular flexibility index (Phi) is 2.58. The van der Waals surface area contributed by atoms with E-state index in [1.165, 1.54) is 0 Å². The lowest BCUT2D eigenvalue weighted by molar-refractivity contribution is 0.679. The molecular weight excluding hydrogens is 196 g/mol. The molecule has 0 N–H and O–H groups in total. The maximum atomic E-state index is 9.06. The van der Waals surface area contributed by atoms with Gasteiger partial charge in [-0.25, -0.2) is 0 Å². The maximum Gasteiger partial charge on any atom is 0.166 e. The molecule has 0 aliphatic heterocycles. The number of allylic oxidation sites excluding steroid dienone is 4. The van der Waals surface area contributed by atoms with Gasteiger partial charge in [0.2, 0.25) is 0 Å². The first-order valence-corrected chi connectivity index (χ1v) is 5.06. The Morgan fingerprint density at radius 3 is 2.38 bits per heavy atom. The topological polar surface area (TPSA) is 47.6 Å².